The highest BCUT2D eigenvalue weighted by atomic mass is 35.5. The molecule has 1 aliphatic carbocycles. The van der Waals surface area contributed by atoms with Crippen LogP contribution in [0, 0.1) is 5.82 Å². The molecule has 0 atom stereocenters. The van der Waals surface area contributed by atoms with Gasteiger partial charge in [-0.3, -0.25) is 14.4 Å². The van der Waals surface area contributed by atoms with Crippen LogP contribution in [0.2, 0.25) is 5.02 Å². The molecule has 27 heavy (non-hydrogen) atoms. The Labute approximate surface area is 164 Å². The molecule has 0 aromatic heterocycles. The molecule has 3 amide bonds. The average molecular weight is 418 g/mol. The summed E-state index contributed by atoms with van der Waals surface area (Å²) in [6.07, 6.45) is 1.71. The standard InChI is InChI=1S/C17H18Cl2FN3O4/c18-8-13(24)22-17-5-3-16(4-6-17,15(26)23-17)21-14(25)9-27-10-1-2-11(19)12(20)7-10/h1-2,7H,3-6,8-9H2,(H,21,25)(H,22,24)(H,23,26). The van der Waals surface area contributed by atoms with Crippen molar-refractivity contribution >= 4 is 40.9 Å². The second-order valence-electron chi connectivity index (χ2n) is 6.71. The number of carbonyl (C=O) groups is 3. The van der Waals surface area contributed by atoms with Gasteiger partial charge in [0.05, 0.1) is 5.02 Å². The quantitative estimate of drug-likeness (QED) is 0.610. The number of carbonyl (C=O) groups excluding carboxylic acids is 3. The van der Waals surface area contributed by atoms with Crippen molar-refractivity contribution in [3.8, 4) is 5.75 Å². The minimum Gasteiger partial charge on any atom is -0.484 e. The fourth-order valence-corrected chi connectivity index (χ4v) is 3.63. The molecule has 2 heterocycles. The van der Waals surface area contributed by atoms with E-state index in [1.165, 1.54) is 12.1 Å². The van der Waals surface area contributed by atoms with E-state index in [0.29, 0.717) is 25.7 Å². The van der Waals surface area contributed by atoms with Crippen LogP contribution in [-0.4, -0.2) is 41.4 Å². The van der Waals surface area contributed by atoms with E-state index in [4.69, 9.17) is 27.9 Å². The molecule has 1 aromatic carbocycles. The molecule has 3 aliphatic rings. The van der Waals surface area contributed by atoms with Crippen molar-refractivity contribution in [3.63, 3.8) is 0 Å². The maximum Gasteiger partial charge on any atom is 0.258 e. The van der Waals surface area contributed by atoms with Gasteiger partial charge in [0, 0.05) is 6.07 Å². The Morgan fingerprint density at radius 3 is 2.48 bits per heavy atom. The smallest absolute Gasteiger partial charge is 0.258 e. The van der Waals surface area contributed by atoms with Gasteiger partial charge in [0.25, 0.3) is 5.91 Å². The highest BCUT2D eigenvalue weighted by Gasteiger charge is 2.55. The van der Waals surface area contributed by atoms with Crippen LogP contribution >= 0.6 is 23.2 Å². The summed E-state index contributed by atoms with van der Waals surface area (Å²) in [6.45, 7) is -0.371. The van der Waals surface area contributed by atoms with Gasteiger partial charge in [-0.25, -0.2) is 4.39 Å². The number of amides is 3. The number of fused-ring (bicyclic) bond motifs is 3. The minimum atomic E-state index is -1.04. The molecule has 3 fully saturated rings. The van der Waals surface area contributed by atoms with Crippen LogP contribution in [0.15, 0.2) is 18.2 Å². The van der Waals surface area contributed by atoms with E-state index in [1.807, 2.05) is 0 Å². The molecule has 2 saturated heterocycles. The van der Waals surface area contributed by atoms with Crippen molar-refractivity contribution in [1.82, 2.24) is 16.0 Å². The average Bonchev–Trinajstić information content (AvgIpc) is 2.64. The van der Waals surface area contributed by atoms with Crippen molar-refractivity contribution in [2.45, 2.75) is 36.9 Å². The predicted molar refractivity (Wildman–Crippen MR) is 96.0 cm³/mol. The summed E-state index contributed by atoms with van der Waals surface area (Å²) in [4.78, 5) is 36.3. The van der Waals surface area contributed by atoms with E-state index >= 15 is 0 Å². The highest BCUT2D eigenvalue weighted by molar-refractivity contribution is 6.30. The summed E-state index contributed by atoms with van der Waals surface area (Å²) in [7, 11) is 0. The zero-order valence-corrected chi connectivity index (χ0v) is 15.8. The van der Waals surface area contributed by atoms with Crippen LogP contribution in [-0.2, 0) is 14.4 Å². The molecular formula is C17H18Cl2FN3O4. The van der Waals surface area contributed by atoms with Crippen LogP contribution in [0.1, 0.15) is 25.7 Å². The second kappa shape index (κ2) is 7.52. The number of alkyl halides is 1. The topological polar surface area (TPSA) is 96.5 Å². The molecule has 1 saturated carbocycles. The first-order chi connectivity index (χ1) is 12.8. The molecule has 4 rings (SSSR count). The zero-order valence-electron chi connectivity index (χ0n) is 14.2. The van der Waals surface area contributed by atoms with Gasteiger partial charge in [0.2, 0.25) is 11.8 Å². The molecule has 2 aliphatic heterocycles. The van der Waals surface area contributed by atoms with Gasteiger partial charge >= 0.3 is 0 Å². The summed E-state index contributed by atoms with van der Waals surface area (Å²) in [6, 6.07) is 3.85. The lowest BCUT2D eigenvalue weighted by molar-refractivity contribution is -0.146. The number of hydrogen-bond donors (Lipinski definition) is 3. The van der Waals surface area contributed by atoms with Crippen molar-refractivity contribution in [2.24, 2.45) is 0 Å². The van der Waals surface area contributed by atoms with Gasteiger partial charge in [-0.1, -0.05) is 11.6 Å². The maximum atomic E-state index is 13.4. The Balaban J connectivity index is 1.58. The molecule has 1 aromatic rings. The Morgan fingerprint density at radius 2 is 1.89 bits per heavy atom. The van der Waals surface area contributed by atoms with E-state index in [1.54, 1.807) is 0 Å². The first-order valence-electron chi connectivity index (χ1n) is 8.36. The molecule has 3 N–H and O–H groups in total. The lowest BCUT2D eigenvalue weighted by Gasteiger charge is -2.52. The van der Waals surface area contributed by atoms with Crippen molar-refractivity contribution in [3.05, 3.63) is 29.0 Å². The molecular weight excluding hydrogens is 400 g/mol. The molecule has 2 bridgehead atoms. The molecule has 146 valence electrons. The van der Waals surface area contributed by atoms with Gasteiger partial charge in [-0.2, -0.15) is 0 Å². The van der Waals surface area contributed by atoms with Crippen LogP contribution < -0.4 is 20.7 Å². The number of nitrogens with one attached hydrogen (secondary N) is 3. The first kappa shape index (κ1) is 19.7. The van der Waals surface area contributed by atoms with Crippen LogP contribution in [0.25, 0.3) is 0 Å². The number of rotatable bonds is 6. The fourth-order valence-electron chi connectivity index (χ4n) is 3.45. The number of piperidine rings is 2. The number of hydrogen-bond acceptors (Lipinski definition) is 4. The lowest BCUT2D eigenvalue weighted by atomic mass is 9.71. The third kappa shape index (κ3) is 4.11. The molecule has 0 spiro atoms. The van der Waals surface area contributed by atoms with Gasteiger partial charge in [0.1, 0.15) is 28.6 Å². The van der Waals surface area contributed by atoms with Gasteiger partial charge < -0.3 is 20.7 Å². The summed E-state index contributed by atoms with van der Waals surface area (Å²) >= 11 is 11.1. The van der Waals surface area contributed by atoms with Gasteiger partial charge in [-0.15, -0.1) is 11.6 Å². The summed E-state index contributed by atoms with van der Waals surface area (Å²) < 4.78 is 18.7. The van der Waals surface area contributed by atoms with E-state index < -0.39 is 22.9 Å². The lowest BCUT2D eigenvalue weighted by Crippen LogP contribution is -2.77. The van der Waals surface area contributed by atoms with Gasteiger partial charge in [-0.05, 0) is 37.8 Å². The van der Waals surface area contributed by atoms with Crippen molar-refractivity contribution in [1.29, 1.82) is 0 Å². The molecule has 0 unspecified atom stereocenters. The third-order valence-electron chi connectivity index (χ3n) is 4.88. The zero-order chi connectivity index (χ0) is 19.7. The maximum absolute atomic E-state index is 13.4. The summed E-state index contributed by atoms with van der Waals surface area (Å²) in [5.74, 6) is -1.91. The van der Waals surface area contributed by atoms with Crippen LogP contribution in [0.4, 0.5) is 4.39 Å². The van der Waals surface area contributed by atoms with E-state index in [9.17, 15) is 18.8 Å². The van der Waals surface area contributed by atoms with Crippen LogP contribution in [0.5, 0.6) is 5.75 Å². The molecule has 0 radical (unpaired) electrons. The first-order valence-corrected chi connectivity index (χ1v) is 9.27. The summed E-state index contributed by atoms with van der Waals surface area (Å²) in [5.41, 5.74) is -1.86. The Morgan fingerprint density at radius 1 is 1.19 bits per heavy atom. The van der Waals surface area contributed by atoms with Crippen LogP contribution in [0.3, 0.4) is 0 Å². The minimum absolute atomic E-state index is 0.0449. The predicted octanol–water partition coefficient (Wildman–Crippen LogP) is 1.47. The Bertz CT molecular complexity index is 781. The second-order valence-corrected chi connectivity index (χ2v) is 7.39. The fraction of sp³-hybridized carbons (Fsp3) is 0.471. The van der Waals surface area contributed by atoms with Crippen molar-refractivity contribution in [2.75, 3.05) is 12.5 Å². The normalized spacial score (nSPS) is 26.3. The monoisotopic (exact) mass is 417 g/mol. The number of ether oxygens (including phenoxy) is 1. The third-order valence-corrected chi connectivity index (χ3v) is 5.43. The molecule has 10 heteroatoms. The molecule has 7 nitrogen and oxygen atoms in total. The highest BCUT2D eigenvalue weighted by Crippen LogP contribution is 2.39. The van der Waals surface area contributed by atoms with Crippen molar-refractivity contribution < 1.29 is 23.5 Å². The van der Waals surface area contributed by atoms with E-state index in [0.717, 1.165) is 6.07 Å². The van der Waals surface area contributed by atoms with Gasteiger partial charge in [0.15, 0.2) is 6.61 Å². The summed E-state index contributed by atoms with van der Waals surface area (Å²) in [5, 5.41) is 8.19. The number of halogens is 3. The largest absolute Gasteiger partial charge is 0.484 e. The van der Waals surface area contributed by atoms with E-state index in [-0.39, 0.29) is 35.1 Å². The SMILES string of the molecule is O=C(CCl)NC12CCC(NC(=O)COc3ccc(Cl)c(F)c3)(CC1)C(=O)N2. The Kier molecular flexibility index (Phi) is 5.48. The van der Waals surface area contributed by atoms with E-state index in [2.05, 4.69) is 16.0 Å². The Hall–Kier alpha value is -2.06. The number of benzene rings is 1.